The van der Waals surface area contributed by atoms with Gasteiger partial charge in [0.05, 0.1) is 41.2 Å². The quantitative estimate of drug-likeness (QED) is 0.136. The third-order valence-corrected chi connectivity index (χ3v) is 10.0. The molecule has 51 heavy (non-hydrogen) atoms. The van der Waals surface area contributed by atoms with Crippen molar-refractivity contribution in [1.82, 2.24) is 19.9 Å². The van der Waals surface area contributed by atoms with Crippen LogP contribution in [-0.4, -0.2) is 69.8 Å². The third kappa shape index (κ3) is 5.96. The Morgan fingerprint density at radius 2 is 1.96 bits per heavy atom. The van der Waals surface area contributed by atoms with Gasteiger partial charge in [-0.3, -0.25) is 4.90 Å². The van der Waals surface area contributed by atoms with Crippen LogP contribution in [0.3, 0.4) is 0 Å². The van der Waals surface area contributed by atoms with Crippen LogP contribution in [0.25, 0.3) is 32.8 Å². The van der Waals surface area contributed by atoms with Crippen molar-refractivity contribution >= 4 is 44.9 Å². The number of likely N-dealkylation sites (tertiary alicyclic amines) is 1. The Morgan fingerprint density at radius 3 is 2.67 bits per heavy atom. The first kappa shape index (κ1) is 34.4. The fourth-order valence-corrected chi connectivity index (χ4v) is 7.59. The Kier molecular flexibility index (Phi) is 8.71. The number of terminal acetylenes is 1. The lowest BCUT2D eigenvalue weighted by molar-refractivity contribution is 0.0127. The minimum absolute atomic E-state index is 0.00271. The maximum atomic E-state index is 17.4. The molecule has 4 heterocycles. The van der Waals surface area contributed by atoms with Gasteiger partial charge in [-0.2, -0.15) is 9.97 Å². The minimum Gasteiger partial charge on any atom is -0.508 e. The average molecular weight is 721 g/mol. The smallest absolute Gasteiger partial charge is 0.319 e. The van der Waals surface area contributed by atoms with E-state index < -0.39 is 48.7 Å². The highest BCUT2D eigenvalue weighted by molar-refractivity contribution is 6.37. The van der Waals surface area contributed by atoms with E-state index in [9.17, 15) is 13.9 Å². The van der Waals surface area contributed by atoms with Crippen molar-refractivity contribution in [2.24, 2.45) is 0 Å². The van der Waals surface area contributed by atoms with Crippen molar-refractivity contribution in [1.29, 1.82) is 0 Å². The Labute approximate surface area is 296 Å². The maximum absolute atomic E-state index is 17.4. The summed E-state index contributed by atoms with van der Waals surface area (Å²) in [6, 6.07) is 7.34. The predicted molar refractivity (Wildman–Crippen MR) is 188 cm³/mol. The van der Waals surface area contributed by atoms with Gasteiger partial charge in [0.25, 0.3) is 5.92 Å². The van der Waals surface area contributed by atoms with Crippen molar-refractivity contribution in [2.75, 3.05) is 37.4 Å². The molecule has 2 aliphatic rings. The molecule has 7 rings (SSSR count). The number of hydrogen-bond acceptors (Lipinski definition) is 9. The summed E-state index contributed by atoms with van der Waals surface area (Å²) < 4.78 is 73.6. The molecule has 3 N–H and O–H groups in total. The molecule has 9 nitrogen and oxygen atoms in total. The van der Waals surface area contributed by atoms with E-state index in [0.29, 0.717) is 23.9 Å². The molecule has 1 unspecified atom stereocenters. The number of aromatic nitrogens is 3. The molecule has 3 aromatic carbocycles. The molecule has 3 atom stereocenters. The van der Waals surface area contributed by atoms with Crippen molar-refractivity contribution in [2.45, 2.75) is 50.8 Å². The number of phenols is 1. The molecule has 2 aliphatic heterocycles. The minimum atomic E-state index is -2.91. The summed E-state index contributed by atoms with van der Waals surface area (Å²) in [6.07, 6.45) is 6.49. The maximum Gasteiger partial charge on any atom is 0.319 e. The van der Waals surface area contributed by atoms with Crippen molar-refractivity contribution in [3.05, 3.63) is 70.4 Å². The van der Waals surface area contributed by atoms with Gasteiger partial charge < -0.3 is 25.2 Å². The normalized spacial score (nSPS) is 18.6. The molecule has 0 bridgehead atoms. The van der Waals surface area contributed by atoms with E-state index in [1.807, 2.05) is 17.9 Å². The van der Waals surface area contributed by atoms with Gasteiger partial charge in [0.15, 0.2) is 11.6 Å². The number of hydrogen-bond donors (Lipinski definition) is 2. The molecular formula is C37H33ClF4N6O3. The van der Waals surface area contributed by atoms with Gasteiger partial charge in [0, 0.05) is 35.7 Å². The number of pyridine rings is 1. The number of aromatic hydroxyl groups is 1. The number of benzene rings is 3. The summed E-state index contributed by atoms with van der Waals surface area (Å²) in [4.78, 5) is 16.9. The molecule has 1 fully saturated rings. The number of halogens is 5. The van der Waals surface area contributed by atoms with Gasteiger partial charge in [-0.25, -0.2) is 22.5 Å². The lowest BCUT2D eigenvalue weighted by Crippen LogP contribution is -2.38. The molecular weight excluding hydrogens is 688 g/mol. The number of alkyl halides is 2. The van der Waals surface area contributed by atoms with Gasteiger partial charge in [0.1, 0.15) is 34.8 Å². The number of likely N-dealkylation sites (N-methyl/N-ethyl adjacent to an activating group) is 1. The second-order valence-corrected chi connectivity index (χ2v) is 13.3. The molecule has 0 amide bonds. The standard InChI is InChI=1S/C37H33ClF4N6O3/c1-5-22-25(39)10-9-20-14-21(49)15-24(27(20)22)28-30(38)33-29-32(31(28)40)45-36(51-19(3)26-16-37(41,42)17-47(26)4)46-35(29)48(12-7-13-50-33)18(2)23-8-6-11-44-34(23)43/h1,6,8-11,14-15,18-19,26,49H,7,12-13,16-17H2,2-4H3,(H2,43,44)/t18-,19?,26+/m1/s1. The van der Waals surface area contributed by atoms with E-state index in [-0.39, 0.29) is 73.8 Å². The molecule has 264 valence electrons. The van der Waals surface area contributed by atoms with Gasteiger partial charge in [-0.15, -0.1) is 6.42 Å². The highest BCUT2D eigenvalue weighted by atomic mass is 35.5. The summed E-state index contributed by atoms with van der Waals surface area (Å²) in [7, 11) is 1.58. The number of phenolic OH excluding ortho intramolecular Hbond substituents is 1. The van der Waals surface area contributed by atoms with E-state index in [0.717, 1.165) is 6.07 Å². The second-order valence-electron chi connectivity index (χ2n) is 13.0. The monoisotopic (exact) mass is 720 g/mol. The van der Waals surface area contributed by atoms with Gasteiger partial charge >= 0.3 is 6.01 Å². The first-order valence-corrected chi connectivity index (χ1v) is 16.7. The van der Waals surface area contributed by atoms with Crippen molar-refractivity contribution in [3.63, 3.8) is 0 Å². The van der Waals surface area contributed by atoms with E-state index in [2.05, 4.69) is 15.9 Å². The van der Waals surface area contributed by atoms with E-state index in [1.165, 1.54) is 23.1 Å². The SMILES string of the molecule is C#Cc1c(F)ccc2cc(O)cc(-c3c(Cl)c4c5c(nc(OC(C)[C@@H]6CC(F)(F)CN6C)nc5c3F)N([C@H](C)c3cccnc3N)CCCO4)c12. The first-order chi connectivity index (χ1) is 24.3. The fourth-order valence-electron chi connectivity index (χ4n) is 7.25. The van der Waals surface area contributed by atoms with Gasteiger partial charge in [0.2, 0.25) is 0 Å². The van der Waals surface area contributed by atoms with Crippen LogP contribution in [-0.2, 0) is 0 Å². The Bertz CT molecular complexity index is 2250. The van der Waals surface area contributed by atoms with Gasteiger partial charge in [-0.1, -0.05) is 29.7 Å². The summed E-state index contributed by atoms with van der Waals surface area (Å²) in [6.45, 7) is 3.61. The van der Waals surface area contributed by atoms with Crippen LogP contribution in [0.5, 0.6) is 17.5 Å². The van der Waals surface area contributed by atoms with Crippen LogP contribution in [0.4, 0.5) is 29.2 Å². The number of anilines is 2. The zero-order chi connectivity index (χ0) is 36.4. The molecule has 0 aliphatic carbocycles. The number of ether oxygens (including phenoxy) is 2. The number of nitrogens with two attached hydrogens (primary N) is 1. The van der Waals surface area contributed by atoms with Crippen LogP contribution in [0.1, 0.15) is 43.9 Å². The second kappa shape index (κ2) is 12.9. The Hall–Kier alpha value is -5.06. The predicted octanol–water partition coefficient (Wildman–Crippen LogP) is 7.50. The van der Waals surface area contributed by atoms with Crippen molar-refractivity contribution < 1.29 is 32.1 Å². The molecule has 0 spiro atoms. The zero-order valence-corrected chi connectivity index (χ0v) is 28.6. The molecule has 0 saturated carbocycles. The molecule has 14 heteroatoms. The lowest BCUT2D eigenvalue weighted by atomic mass is 9.92. The van der Waals surface area contributed by atoms with Crippen LogP contribution in [0.15, 0.2) is 42.6 Å². The zero-order valence-electron chi connectivity index (χ0n) is 27.9. The van der Waals surface area contributed by atoms with Crippen LogP contribution in [0, 0.1) is 24.0 Å². The highest BCUT2D eigenvalue weighted by Crippen LogP contribution is 2.50. The number of rotatable bonds is 6. The summed E-state index contributed by atoms with van der Waals surface area (Å²) >= 11 is 7.07. The number of nitrogen functional groups attached to an aromatic ring is 1. The largest absolute Gasteiger partial charge is 0.508 e. The lowest BCUT2D eigenvalue weighted by Gasteiger charge is -2.34. The Morgan fingerprint density at radius 1 is 1.18 bits per heavy atom. The van der Waals surface area contributed by atoms with Crippen LogP contribution >= 0.6 is 11.6 Å². The van der Waals surface area contributed by atoms with Crippen LogP contribution in [0.2, 0.25) is 5.02 Å². The number of nitrogens with zero attached hydrogens (tertiary/aromatic N) is 5. The average Bonchev–Trinajstić information content (AvgIpc) is 3.36. The molecule has 5 aromatic rings. The van der Waals surface area contributed by atoms with Crippen LogP contribution < -0.4 is 20.1 Å². The third-order valence-electron chi connectivity index (χ3n) is 9.65. The molecule has 1 saturated heterocycles. The van der Waals surface area contributed by atoms with E-state index >= 15 is 8.78 Å². The molecule has 2 aromatic heterocycles. The summed E-state index contributed by atoms with van der Waals surface area (Å²) in [5.41, 5.74) is 6.29. The number of fused-ring (bicyclic) bond motifs is 1. The first-order valence-electron chi connectivity index (χ1n) is 16.3. The highest BCUT2D eigenvalue weighted by Gasteiger charge is 2.46. The fraction of sp³-hybridized carbons (Fsp3) is 0.324. The van der Waals surface area contributed by atoms with Crippen molar-refractivity contribution in [3.8, 4) is 41.0 Å². The topological polar surface area (TPSA) is 110 Å². The van der Waals surface area contributed by atoms with Gasteiger partial charge in [-0.05, 0) is 62.5 Å². The Balaban J connectivity index is 1.51. The van der Waals surface area contributed by atoms with E-state index in [4.69, 9.17) is 38.2 Å². The molecule has 0 radical (unpaired) electrons. The van der Waals surface area contributed by atoms with E-state index in [1.54, 1.807) is 26.2 Å². The summed E-state index contributed by atoms with van der Waals surface area (Å²) in [5.74, 6) is -1.98. The summed E-state index contributed by atoms with van der Waals surface area (Å²) in [5, 5.41) is 11.1.